The van der Waals surface area contributed by atoms with Crippen LogP contribution in [0.25, 0.3) is 0 Å². The number of hydrogen-bond donors (Lipinski definition) is 0. The molecule has 1 atom stereocenters. The van der Waals surface area contributed by atoms with Gasteiger partial charge in [0.15, 0.2) is 9.84 Å². The predicted octanol–water partition coefficient (Wildman–Crippen LogP) is 3.82. The van der Waals surface area contributed by atoms with Crippen molar-refractivity contribution < 1.29 is 13.2 Å². The summed E-state index contributed by atoms with van der Waals surface area (Å²) in [5, 5.41) is 0. The molecule has 0 aliphatic carbocycles. The minimum Gasteiger partial charge on any atom is -0.365 e. The molecule has 0 bridgehead atoms. The molecular weight excluding hydrogens is 440 g/mol. The molecule has 0 radical (unpaired) electrons. The van der Waals surface area contributed by atoms with Crippen LogP contribution in [0.15, 0.2) is 45.8 Å². The van der Waals surface area contributed by atoms with Gasteiger partial charge >= 0.3 is 0 Å². The average Bonchev–Trinajstić information content (AvgIpc) is 2.61. The average molecular weight is 465 g/mol. The van der Waals surface area contributed by atoms with Crippen LogP contribution in [0.3, 0.4) is 0 Å². The zero-order valence-electron chi connectivity index (χ0n) is 16.6. The standard InChI is InChI=1S/C21H25BrN2O3S/c1-14-5-8-19(15(2)11-14)24-10-9-23(13-16(24)3)21(25)18-7-6-17(22)12-20(18)28(4,26)27/h5-8,11-12,16H,9-10,13H2,1-4H3/t16-/m1/s1. The van der Waals surface area contributed by atoms with Crippen molar-refractivity contribution in [1.29, 1.82) is 0 Å². The van der Waals surface area contributed by atoms with Crippen LogP contribution in [-0.2, 0) is 9.84 Å². The van der Waals surface area contributed by atoms with Crippen LogP contribution in [0.1, 0.15) is 28.4 Å². The number of carbonyl (C=O) groups excluding carboxylic acids is 1. The van der Waals surface area contributed by atoms with Gasteiger partial charge in [-0.05, 0) is 50.6 Å². The molecule has 2 aromatic carbocycles. The highest BCUT2D eigenvalue weighted by Gasteiger charge is 2.30. The Bertz CT molecular complexity index is 1020. The molecule has 0 N–H and O–H groups in total. The van der Waals surface area contributed by atoms with Crippen molar-refractivity contribution in [3.8, 4) is 0 Å². The molecule has 5 nitrogen and oxygen atoms in total. The first-order valence-electron chi connectivity index (χ1n) is 9.20. The van der Waals surface area contributed by atoms with Gasteiger partial charge in [0, 0.05) is 42.1 Å². The summed E-state index contributed by atoms with van der Waals surface area (Å²) in [5.41, 5.74) is 3.87. The van der Waals surface area contributed by atoms with Gasteiger partial charge in [0.2, 0.25) is 0 Å². The Balaban J connectivity index is 1.84. The molecule has 0 spiro atoms. The molecular formula is C21H25BrN2O3S. The number of anilines is 1. The van der Waals surface area contributed by atoms with Gasteiger partial charge in [0.1, 0.15) is 0 Å². The number of aryl methyl sites for hydroxylation is 2. The third-order valence-electron chi connectivity index (χ3n) is 5.15. The van der Waals surface area contributed by atoms with Crippen molar-refractivity contribution in [3.05, 3.63) is 57.6 Å². The van der Waals surface area contributed by atoms with Gasteiger partial charge < -0.3 is 9.80 Å². The molecule has 7 heteroatoms. The fourth-order valence-corrected chi connectivity index (χ4v) is 5.19. The molecule has 0 aromatic heterocycles. The molecule has 150 valence electrons. The first kappa shape index (κ1) is 20.9. The summed E-state index contributed by atoms with van der Waals surface area (Å²) in [4.78, 5) is 17.2. The molecule has 0 unspecified atom stereocenters. The van der Waals surface area contributed by atoms with Gasteiger partial charge in [0.05, 0.1) is 10.5 Å². The number of sulfone groups is 1. The van der Waals surface area contributed by atoms with Crippen LogP contribution in [0.2, 0.25) is 0 Å². The maximum atomic E-state index is 13.1. The lowest BCUT2D eigenvalue weighted by Gasteiger charge is -2.42. The Morgan fingerprint density at radius 3 is 2.43 bits per heavy atom. The molecule has 1 saturated heterocycles. The highest BCUT2D eigenvalue weighted by molar-refractivity contribution is 9.10. The van der Waals surface area contributed by atoms with E-state index in [1.807, 2.05) is 0 Å². The Labute approximate surface area is 175 Å². The fourth-order valence-electron chi connectivity index (χ4n) is 3.78. The summed E-state index contributed by atoms with van der Waals surface area (Å²) < 4.78 is 25.0. The SMILES string of the molecule is Cc1ccc(N2CCN(C(=O)c3ccc(Br)cc3S(C)(=O)=O)C[C@H]2C)c(C)c1. The third kappa shape index (κ3) is 4.25. The Morgan fingerprint density at radius 1 is 1.11 bits per heavy atom. The quantitative estimate of drug-likeness (QED) is 0.692. The van der Waals surface area contributed by atoms with E-state index in [4.69, 9.17) is 0 Å². The maximum Gasteiger partial charge on any atom is 0.255 e. The second-order valence-corrected chi connectivity index (χ2v) is 10.4. The van der Waals surface area contributed by atoms with E-state index in [1.165, 1.54) is 22.9 Å². The zero-order chi connectivity index (χ0) is 20.6. The number of halogens is 1. The lowest BCUT2D eigenvalue weighted by Crippen LogP contribution is -2.54. The van der Waals surface area contributed by atoms with E-state index in [0.717, 1.165) is 6.26 Å². The van der Waals surface area contributed by atoms with Gasteiger partial charge in [0.25, 0.3) is 5.91 Å². The number of piperazine rings is 1. The zero-order valence-corrected chi connectivity index (χ0v) is 19.0. The summed E-state index contributed by atoms with van der Waals surface area (Å²) in [6, 6.07) is 11.3. The first-order valence-corrected chi connectivity index (χ1v) is 11.9. The lowest BCUT2D eigenvalue weighted by molar-refractivity contribution is 0.0722. The fraction of sp³-hybridized carbons (Fsp3) is 0.381. The van der Waals surface area contributed by atoms with E-state index in [1.54, 1.807) is 17.0 Å². The predicted molar refractivity (Wildman–Crippen MR) is 116 cm³/mol. The Hall–Kier alpha value is -1.86. The molecule has 1 fully saturated rings. The van der Waals surface area contributed by atoms with Crippen molar-refractivity contribution in [3.63, 3.8) is 0 Å². The molecule has 1 aliphatic heterocycles. The number of hydrogen-bond acceptors (Lipinski definition) is 4. The number of nitrogens with zero attached hydrogens (tertiary/aromatic N) is 2. The lowest BCUT2D eigenvalue weighted by atomic mass is 10.1. The molecule has 28 heavy (non-hydrogen) atoms. The van der Waals surface area contributed by atoms with Gasteiger partial charge in [-0.25, -0.2) is 8.42 Å². The third-order valence-corrected chi connectivity index (χ3v) is 6.78. The number of amides is 1. The molecule has 3 rings (SSSR count). The van der Waals surface area contributed by atoms with E-state index < -0.39 is 9.84 Å². The second-order valence-electron chi connectivity index (χ2n) is 7.50. The molecule has 1 heterocycles. The summed E-state index contributed by atoms with van der Waals surface area (Å²) in [6.45, 7) is 8.09. The van der Waals surface area contributed by atoms with Crippen LogP contribution in [-0.4, -0.2) is 51.2 Å². The van der Waals surface area contributed by atoms with E-state index in [0.29, 0.717) is 24.1 Å². The summed E-state index contributed by atoms with van der Waals surface area (Å²) >= 11 is 3.29. The van der Waals surface area contributed by atoms with Crippen molar-refractivity contribution in [2.24, 2.45) is 0 Å². The Kier molecular flexibility index (Phi) is 5.87. The molecule has 0 saturated carbocycles. The Morgan fingerprint density at radius 2 is 1.82 bits per heavy atom. The molecule has 2 aromatic rings. The van der Waals surface area contributed by atoms with E-state index >= 15 is 0 Å². The highest BCUT2D eigenvalue weighted by Crippen LogP contribution is 2.27. The van der Waals surface area contributed by atoms with E-state index in [2.05, 4.69) is 59.8 Å². The molecule has 1 amide bonds. The largest absolute Gasteiger partial charge is 0.365 e. The van der Waals surface area contributed by atoms with Crippen LogP contribution >= 0.6 is 15.9 Å². The first-order chi connectivity index (χ1) is 13.1. The van der Waals surface area contributed by atoms with Crippen LogP contribution < -0.4 is 4.90 Å². The van der Waals surface area contributed by atoms with Gasteiger partial charge in [-0.15, -0.1) is 0 Å². The smallest absolute Gasteiger partial charge is 0.255 e. The van der Waals surface area contributed by atoms with Crippen molar-refractivity contribution in [1.82, 2.24) is 4.90 Å². The topological polar surface area (TPSA) is 57.7 Å². The highest BCUT2D eigenvalue weighted by atomic mass is 79.9. The van der Waals surface area contributed by atoms with Gasteiger partial charge in [-0.1, -0.05) is 33.6 Å². The molecule has 1 aliphatic rings. The second kappa shape index (κ2) is 7.87. The monoisotopic (exact) mass is 464 g/mol. The van der Waals surface area contributed by atoms with Crippen molar-refractivity contribution in [2.75, 3.05) is 30.8 Å². The normalized spacial score (nSPS) is 17.7. The van der Waals surface area contributed by atoms with Crippen molar-refractivity contribution >= 4 is 37.4 Å². The van der Waals surface area contributed by atoms with E-state index in [9.17, 15) is 13.2 Å². The number of carbonyl (C=O) groups is 1. The number of rotatable bonds is 3. The minimum atomic E-state index is -3.50. The van der Waals surface area contributed by atoms with E-state index in [-0.39, 0.29) is 22.4 Å². The van der Waals surface area contributed by atoms with Gasteiger partial charge in [-0.2, -0.15) is 0 Å². The summed E-state index contributed by atoms with van der Waals surface area (Å²) in [7, 11) is -3.50. The summed E-state index contributed by atoms with van der Waals surface area (Å²) in [5.74, 6) is -0.236. The van der Waals surface area contributed by atoms with Crippen LogP contribution in [0.4, 0.5) is 5.69 Å². The van der Waals surface area contributed by atoms with Crippen molar-refractivity contribution in [2.45, 2.75) is 31.7 Å². The number of benzene rings is 2. The minimum absolute atomic E-state index is 0.0661. The van der Waals surface area contributed by atoms with Crippen LogP contribution in [0, 0.1) is 13.8 Å². The van der Waals surface area contributed by atoms with Gasteiger partial charge in [-0.3, -0.25) is 4.79 Å². The maximum absolute atomic E-state index is 13.1. The summed E-state index contributed by atoms with van der Waals surface area (Å²) in [6.07, 6.45) is 1.13. The van der Waals surface area contributed by atoms with Crippen LogP contribution in [0.5, 0.6) is 0 Å².